The fourth-order valence-electron chi connectivity index (χ4n) is 3.70. The molecule has 108 valence electrons. The van der Waals surface area contributed by atoms with Gasteiger partial charge in [-0.15, -0.1) is 0 Å². The molecule has 2 fully saturated rings. The standard InChI is InChI=1S/C15H19NO3S/c1-11(17)16-12-7-8-13(16)10-15(9-12)20(18,19)14-5-3-2-4-6-14/h2-6,12-13,15H,7-10H2,1H3/t12-,13-/m0/s1. The topological polar surface area (TPSA) is 54.5 Å². The minimum Gasteiger partial charge on any atom is -0.337 e. The highest BCUT2D eigenvalue weighted by Gasteiger charge is 2.46. The van der Waals surface area contributed by atoms with Crippen LogP contribution in [0, 0.1) is 0 Å². The van der Waals surface area contributed by atoms with Gasteiger partial charge in [-0.2, -0.15) is 0 Å². The second kappa shape index (κ2) is 4.88. The number of hydrogen-bond donors (Lipinski definition) is 0. The quantitative estimate of drug-likeness (QED) is 0.838. The van der Waals surface area contributed by atoms with Crippen LogP contribution < -0.4 is 0 Å². The molecule has 3 rings (SSSR count). The second-order valence-electron chi connectivity index (χ2n) is 5.76. The lowest BCUT2D eigenvalue weighted by Gasteiger charge is -2.38. The Morgan fingerprint density at radius 1 is 1.10 bits per heavy atom. The maximum absolute atomic E-state index is 12.7. The van der Waals surface area contributed by atoms with Gasteiger partial charge < -0.3 is 4.90 Å². The maximum Gasteiger partial charge on any atom is 0.219 e. The molecule has 2 atom stereocenters. The number of fused-ring (bicyclic) bond motifs is 2. The van der Waals surface area contributed by atoms with Gasteiger partial charge in [-0.1, -0.05) is 18.2 Å². The average molecular weight is 293 g/mol. The van der Waals surface area contributed by atoms with Crippen molar-refractivity contribution in [2.24, 2.45) is 0 Å². The van der Waals surface area contributed by atoms with Crippen LogP contribution in [0.3, 0.4) is 0 Å². The van der Waals surface area contributed by atoms with Gasteiger partial charge in [-0.05, 0) is 37.8 Å². The molecule has 4 nitrogen and oxygen atoms in total. The highest BCUT2D eigenvalue weighted by Crippen LogP contribution is 2.39. The first kappa shape index (κ1) is 13.6. The van der Waals surface area contributed by atoms with Gasteiger partial charge in [0.1, 0.15) is 0 Å². The molecule has 2 aliphatic heterocycles. The Labute approximate surface area is 119 Å². The number of carbonyl (C=O) groups excluding carboxylic acids is 1. The van der Waals surface area contributed by atoms with Gasteiger partial charge >= 0.3 is 0 Å². The maximum atomic E-state index is 12.7. The van der Waals surface area contributed by atoms with Crippen molar-refractivity contribution in [3.8, 4) is 0 Å². The monoisotopic (exact) mass is 293 g/mol. The predicted octanol–water partition coefficient (Wildman–Crippen LogP) is 2.00. The van der Waals surface area contributed by atoms with E-state index in [0.29, 0.717) is 17.7 Å². The van der Waals surface area contributed by atoms with E-state index in [2.05, 4.69) is 0 Å². The van der Waals surface area contributed by atoms with Gasteiger partial charge in [0, 0.05) is 19.0 Å². The molecule has 2 heterocycles. The van der Waals surface area contributed by atoms with E-state index in [1.54, 1.807) is 31.2 Å². The van der Waals surface area contributed by atoms with E-state index in [4.69, 9.17) is 0 Å². The van der Waals surface area contributed by atoms with Crippen molar-refractivity contribution in [1.29, 1.82) is 0 Å². The molecule has 0 radical (unpaired) electrons. The van der Waals surface area contributed by atoms with Crippen LogP contribution in [0.2, 0.25) is 0 Å². The summed E-state index contributed by atoms with van der Waals surface area (Å²) in [6, 6.07) is 8.87. The summed E-state index contributed by atoms with van der Waals surface area (Å²) in [5.74, 6) is 0.0769. The number of hydrogen-bond acceptors (Lipinski definition) is 3. The minimum absolute atomic E-state index is 0.0769. The smallest absolute Gasteiger partial charge is 0.219 e. The summed E-state index contributed by atoms with van der Waals surface area (Å²) >= 11 is 0. The fraction of sp³-hybridized carbons (Fsp3) is 0.533. The first-order valence-corrected chi connectivity index (χ1v) is 8.62. The van der Waals surface area contributed by atoms with Crippen molar-refractivity contribution in [2.75, 3.05) is 0 Å². The minimum atomic E-state index is -3.27. The Morgan fingerprint density at radius 3 is 2.15 bits per heavy atom. The lowest BCUT2D eigenvalue weighted by molar-refractivity contribution is -0.132. The van der Waals surface area contributed by atoms with E-state index in [1.807, 2.05) is 11.0 Å². The largest absolute Gasteiger partial charge is 0.337 e. The van der Waals surface area contributed by atoms with E-state index in [-0.39, 0.29) is 23.2 Å². The summed E-state index contributed by atoms with van der Waals surface area (Å²) in [7, 11) is -3.27. The normalized spacial score (nSPS) is 29.4. The third-order valence-corrected chi connectivity index (χ3v) is 6.76. The van der Waals surface area contributed by atoms with Crippen molar-refractivity contribution in [2.45, 2.75) is 54.8 Å². The van der Waals surface area contributed by atoms with Crippen LogP contribution in [0.15, 0.2) is 35.2 Å². The molecule has 1 aromatic rings. The number of amides is 1. The number of carbonyl (C=O) groups is 1. The molecule has 5 heteroatoms. The van der Waals surface area contributed by atoms with Crippen molar-refractivity contribution in [1.82, 2.24) is 4.90 Å². The highest BCUT2D eigenvalue weighted by atomic mass is 32.2. The van der Waals surface area contributed by atoms with Gasteiger partial charge in [0.15, 0.2) is 9.84 Å². The summed E-state index contributed by atoms with van der Waals surface area (Å²) < 4.78 is 25.4. The molecule has 2 aliphatic rings. The molecular formula is C15H19NO3S. The molecule has 0 aromatic heterocycles. The molecule has 0 N–H and O–H groups in total. The van der Waals surface area contributed by atoms with E-state index in [9.17, 15) is 13.2 Å². The Hall–Kier alpha value is -1.36. The summed E-state index contributed by atoms with van der Waals surface area (Å²) in [6.07, 6.45) is 3.02. The summed E-state index contributed by atoms with van der Waals surface area (Å²) in [5.41, 5.74) is 0. The Morgan fingerprint density at radius 2 is 1.65 bits per heavy atom. The van der Waals surface area contributed by atoms with E-state index >= 15 is 0 Å². The average Bonchev–Trinajstić information content (AvgIpc) is 2.70. The van der Waals surface area contributed by atoms with Gasteiger partial charge in [0.2, 0.25) is 5.91 Å². The van der Waals surface area contributed by atoms with Crippen molar-refractivity contribution >= 4 is 15.7 Å². The number of benzene rings is 1. The van der Waals surface area contributed by atoms with E-state index in [0.717, 1.165) is 12.8 Å². The SMILES string of the molecule is CC(=O)N1[C@H]2CC[C@H]1CC(S(=O)(=O)c1ccccc1)C2. The molecule has 0 unspecified atom stereocenters. The highest BCUT2D eigenvalue weighted by molar-refractivity contribution is 7.92. The predicted molar refractivity (Wildman–Crippen MR) is 76.0 cm³/mol. The van der Waals surface area contributed by atoms with Crippen LogP contribution in [-0.2, 0) is 14.6 Å². The van der Waals surface area contributed by atoms with Gasteiger partial charge in [-0.25, -0.2) is 8.42 Å². The number of sulfone groups is 1. The molecule has 0 spiro atoms. The van der Waals surface area contributed by atoms with Gasteiger partial charge in [0.25, 0.3) is 0 Å². The van der Waals surface area contributed by atoms with Gasteiger partial charge in [0.05, 0.1) is 10.1 Å². The molecule has 2 bridgehead atoms. The summed E-state index contributed by atoms with van der Waals surface area (Å²) in [6.45, 7) is 1.58. The molecule has 2 saturated heterocycles. The third kappa shape index (κ3) is 2.14. The van der Waals surface area contributed by atoms with Crippen LogP contribution >= 0.6 is 0 Å². The molecule has 0 saturated carbocycles. The zero-order valence-electron chi connectivity index (χ0n) is 11.5. The molecule has 20 heavy (non-hydrogen) atoms. The number of rotatable bonds is 2. The van der Waals surface area contributed by atoms with Crippen LogP contribution in [-0.4, -0.2) is 36.6 Å². The third-order valence-electron chi connectivity index (χ3n) is 4.56. The van der Waals surface area contributed by atoms with Crippen molar-refractivity contribution in [3.63, 3.8) is 0 Å². The lowest BCUT2D eigenvalue weighted by Crippen LogP contribution is -2.48. The Balaban J connectivity index is 1.86. The van der Waals surface area contributed by atoms with Crippen LogP contribution in [0.25, 0.3) is 0 Å². The van der Waals surface area contributed by atoms with E-state index in [1.165, 1.54) is 0 Å². The number of piperidine rings is 1. The zero-order chi connectivity index (χ0) is 14.3. The van der Waals surface area contributed by atoms with E-state index < -0.39 is 9.84 Å². The molecular weight excluding hydrogens is 274 g/mol. The summed E-state index contributed by atoms with van der Waals surface area (Å²) in [4.78, 5) is 14.0. The van der Waals surface area contributed by atoms with Crippen LogP contribution in [0.5, 0.6) is 0 Å². The lowest BCUT2D eigenvalue weighted by atomic mass is 10.0. The Bertz CT molecular complexity index is 597. The van der Waals surface area contributed by atoms with Crippen LogP contribution in [0.4, 0.5) is 0 Å². The second-order valence-corrected chi connectivity index (χ2v) is 7.99. The number of nitrogens with zero attached hydrogens (tertiary/aromatic N) is 1. The van der Waals surface area contributed by atoms with Crippen LogP contribution in [0.1, 0.15) is 32.6 Å². The first-order valence-electron chi connectivity index (χ1n) is 7.08. The summed E-state index contributed by atoms with van der Waals surface area (Å²) in [5, 5.41) is -0.349. The van der Waals surface area contributed by atoms with Crippen molar-refractivity contribution in [3.05, 3.63) is 30.3 Å². The fourth-order valence-corrected chi connectivity index (χ4v) is 5.57. The van der Waals surface area contributed by atoms with Crippen molar-refractivity contribution < 1.29 is 13.2 Å². The molecule has 1 aromatic carbocycles. The Kier molecular flexibility index (Phi) is 3.32. The zero-order valence-corrected chi connectivity index (χ0v) is 12.3. The molecule has 0 aliphatic carbocycles. The van der Waals surface area contributed by atoms with Gasteiger partial charge in [-0.3, -0.25) is 4.79 Å². The molecule has 1 amide bonds. The first-order chi connectivity index (χ1) is 9.50.